The summed E-state index contributed by atoms with van der Waals surface area (Å²) in [7, 11) is 0. The Morgan fingerprint density at radius 2 is 1.69 bits per heavy atom. The summed E-state index contributed by atoms with van der Waals surface area (Å²) >= 11 is 1.71. The summed E-state index contributed by atoms with van der Waals surface area (Å²) in [6.45, 7) is 0. The molecule has 0 N–H and O–H groups in total. The van der Waals surface area contributed by atoms with Crippen molar-refractivity contribution in [1.29, 1.82) is 0 Å². The first-order valence-electron chi connectivity index (χ1n) is 4.81. The van der Waals surface area contributed by atoms with Crippen LogP contribution in [0.5, 0.6) is 0 Å². The maximum absolute atomic E-state index is 11.0. The molecule has 0 amide bonds. The summed E-state index contributed by atoms with van der Waals surface area (Å²) in [4.78, 5) is 11.0. The first-order valence-corrected chi connectivity index (χ1v) is 5.76. The molecule has 0 bridgehead atoms. The Labute approximate surface area is 96.8 Å². The van der Waals surface area contributed by atoms with E-state index in [-0.39, 0.29) is 5.63 Å². The molecular weight excluding hydrogens is 220 g/mol. The number of hydrogen-bond acceptors (Lipinski definition) is 3. The van der Waals surface area contributed by atoms with Crippen molar-refractivity contribution in [1.82, 2.24) is 0 Å². The maximum Gasteiger partial charge on any atom is 0.343 e. The SMILES string of the molecule is O=c1occc2ccccc12.c1ccsc1. The van der Waals surface area contributed by atoms with Crippen molar-refractivity contribution in [2.75, 3.05) is 0 Å². The van der Waals surface area contributed by atoms with Gasteiger partial charge >= 0.3 is 5.63 Å². The number of rotatable bonds is 0. The van der Waals surface area contributed by atoms with Gasteiger partial charge in [0.15, 0.2) is 0 Å². The van der Waals surface area contributed by atoms with Crippen LogP contribution < -0.4 is 5.63 Å². The van der Waals surface area contributed by atoms with E-state index in [4.69, 9.17) is 0 Å². The van der Waals surface area contributed by atoms with Gasteiger partial charge in [0.05, 0.1) is 11.6 Å². The van der Waals surface area contributed by atoms with Crippen LogP contribution in [0.1, 0.15) is 0 Å². The van der Waals surface area contributed by atoms with Gasteiger partial charge < -0.3 is 4.42 Å². The lowest BCUT2D eigenvalue weighted by molar-refractivity contribution is 0.519. The third-order valence-corrected chi connectivity index (χ3v) is 2.66. The minimum absolute atomic E-state index is 0.275. The second kappa shape index (κ2) is 5.28. The Balaban J connectivity index is 0.000000162. The second-order valence-electron chi connectivity index (χ2n) is 3.09. The first-order chi connectivity index (χ1) is 7.88. The fourth-order valence-corrected chi connectivity index (χ4v) is 1.74. The summed E-state index contributed by atoms with van der Waals surface area (Å²) in [5.74, 6) is 0. The van der Waals surface area contributed by atoms with Crippen LogP contribution >= 0.6 is 11.3 Å². The van der Waals surface area contributed by atoms with Crippen molar-refractivity contribution in [2.45, 2.75) is 0 Å². The topological polar surface area (TPSA) is 30.2 Å². The summed E-state index contributed by atoms with van der Waals surface area (Å²) in [6, 6.07) is 13.2. The van der Waals surface area contributed by atoms with E-state index in [1.807, 2.05) is 41.1 Å². The van der Waals surface area contributed by atoms with Crippen molar-refractivity contribution in [3.63, 3.8) is 0 Å². The molecule has 3 rings (SSSR count). The Bertz CT molecular complexity index is 574. The van der Waals surface area contributed by atoms with Gasteiger partial charge in [-0.2, -0.15) is 11.3 Å². The van der Waals surface area contributed by atoms with Crippen molar-refractivity contribution >= 4 is 22.1 Å². The molecule has 3 aromatic rings. The molecule has 0 aliphatic carbocycles. The van der Waals surface area contributed by atoms with E-state index in [9.17, 15) is 4.79 Å². The van der Waals surface area contributed by atoms with Gasteiger partial charge in [0.2, 0.25) is 0 Å². The minimum Gasteiger partial charge on any atom is -0.431 e. The minimum atomic E-state index is -0.275. The van der Waals surface area contributed by atoms with Crippen LogP contribution in [0.25, 0.3) is 10.8 Å². The molecule has 0 aliphatic heterocycles. The molecular formula is C13H10O2S. The highest BCUT2D eigenvalue weighted by molar-refractivity contribution is 7.07. The molecule has 1 aromatic carbocycles. The van der Waals surface area contributed by atoms with Crippen LogP contribution in [-0.2, 0) is 0 Å². The number of thiophene rings is 1. The molecule has 0 fully saturated rings. The average Bonchev–Trinajstić information content (AvgIpc) is 2.88. The molecule has 16 heavy (non-hydrogen) atoms. The molecule has 0 spiro atoms. The molecule has 0 saturated heterocycles. The van der Waals surface area contributed by atoms with Crippen molar-refractivity contribution in [3.8, 4) is 0 Å². The van der Waals surface area contributed by atoms with Crippen LogP contribution in [0.2, 0.25) is 0 Å². The Kier molecular flexibility index (Phi) is 3.51. The smallest absolute Gasteiger partial charge is 0.343 e. The van der Waals surface area contributed by atoms with E-state index in [1.165, 1.54) is 6.26 Å². The predicted molar refractivity (Wildman–Crippen MR) is 66.8 cm³/mol. The van der Waals surface area contributed by atoms with E-state index in [0.29, 0.717) is 5.39 Å². The highest BCUT2D eigenvalue weighted by Crippen LogP contribution is 2.06. The molecule has 0 aliphatic rings. The monoisotopic (exact) mass is 230 g/mol. The van der Waals surface area contributed by atoms with Gasteiger partial charge in [-0.3, -0.25) is 0 Å². The molecule has 0 unspecified atom stereocenters. The van der Waals surface area contributed by atoms with Crippen LogP contribution in [0.15, 0.2) is 68.7 Å². The van der Waals surface area contributed by atoms with Gasteiger partial charge in [-0.15, -0.1) is 0 Å². The molecule has 0 radical (unpaired) electrons. The third-order valence-electron chi connectivity index (χ3n) is 2.03. The Morgan fingerprint density at radius 3 is 2.31 bits per heavy atom. The summed E-state index contributed by atoms with van der Waals surface area (Å²) in [5.41, 5.74) is -0.275. The van der Waals surface area contributed by atoms with Gasteiger partial charge in [0, 0.05) is 0 Å². The number of fused-ring (bicyclic) bond motifs is 1. The lowest BCUT2D eigenvalue weighted by Gasteiger charge is -1.91. The van der Waals surface area contributed by atoms with Crippen LogP contribution in [0.4, 0.5) is 0 Å². The van der Waals surface area contributed by atoms with E-state index in [1.54, 1.807) is 23.5 Å². The summed E-state index contributed by atoms with van der Waals surface area (Å²) in [6.07, 6.45) is 1.41. The van der Waals surface area contributed by atoms with Crippen LogP contribution in [-0.4, -0.2) is 0 Å². The van der Waals surface area contributed by atoms with Gasteiger partial charge in [-0.1, -0.05) is 30.3 Å². The lowest BCUT2D eigenvalue weighted by Crippen LogP contribution is -1.96. The fourth-order valence-electron chi connectivity index (χ4n) is 1.29. The zero-order chi connectivity index (χ0) is 11.2. The average molecular weight is 230 g/mol. The second-order valence-corrected chi connectivity index (χ2v) is 3.90. The molecule has 2 aromatic heterocycles. The highest BCUT2D eigenvalue weighted by Gasteiger charge is 1.94. The zero-order valence-corrected chi connectivity index (χ0v) is 9.31. The number of hydrogen-bond donors (Lipinski definition) is 0. The molecule has 80 valence electrons. The van der Waals surface area contributed by atoms with E-state index in [2.05, 4.69) is 4.42 Å². The third kappa shape index (κ3) is 2.58. The Hall–Kier alpha value is -1.87. The highest BCUT2D eigenvalue weighted by atomic mass is 32.1. The molecule has 2 nitrogen and oxygen atoms in total. The molecule has 3 heteroatoms. The largest absolute Gasteiger partial charge is 0.431 e. The van der Waals surface area contributed by atoms with E-state index < -0.39 is 0 Å². The zero-order valence-electron chi connectivity index (χ0n) is 8.50. The van der Waals surface area contributed by atoms with E-state index >= 15 is 0 Å². The van der Waals surface area contributed by atoms with Crippen molar-refractivity contribution < 1.29 is 4.42 Å². The quantitative estimate of drug-likeness (QED) is 0.591. The number of benzene rings is 1. The standard InChI is InChI=1S/C9H6O2.C4H4S/c10-9-8-4-2-1-3-7(8)5-6-11-9;1-2-4-5-3-1/h1-6H;1-4H. The Morgan fingerprint density at radius 1 is 0.938 bits per heavy atom. The van der Waals surface area contributed by atoms with Gasteiger partial charge in [0.1, 0.15) is 0 Å². The van der Waals surface area contributed by atoms with Crippen LogP contribution in [0, 0.1) is 0 Å². The van der Waals surface area contributed by atoms with Gasteiger partial charge in [0.25, 0.3) is 0 Å². The van der Waals surface area contributed by atoms with Crippen molar-refractivity contribution in [2.24, 2.45) is 0 Å². The fraction of sp³-hybridized carbons (Fsp3) is 0. The van der Waals surface area contributed by atoms with Crippen LogP contribution in [0.3, 0.4) is 0 Å². The first kappa shape index (κ1) is 10.6. The van der Waals surface area contributed by atoms with Gasteiger partial charge in [-0.25, -0.2) is 4.79 Å². The molecule has 0 atom stereocenters. The van der Waals surface area contributed by atoms with Gasteiger partial charge in [-0.05, 0) is 28.3 Å². The summed E-state index contributed by atoms with van der Waals surface area (Å²) in [5, 5.41) is 5.64. The molecule has 0 saturated carbocycles. The lowest BCUT2D eigenvalue weighted by atomic mass is 10.2. The normalized spacial score (nSPS) is 9.50. The molecule has 2 heterocycles. The predicted octanol–water partition coefficient (Wildman–Crippen LogP) is 3.54. The van der Waals surface area contributed by atoms with Crippen molar-refractivity contribution in [3.05, 3.63) is 69.9 Å². The maximum atomic E-state index is 11.0. The summed E-state index contributed by atoms with van der Waals surface area (Å²) < 4.78 is 4.68. The van der Waals surface area contributed by atoms with E-state index in [0.717, 1.165) is 5.39 Å².